The van der Waals surface area contributed by atoms with E-state index in [1.54, 1.807) is 11.8 Å². The average molecular weight is 332 g/mol. The number of amides is 1. The maximum Gasteiger partial charge on any atom is 0.224 e. The zero-order valence-corrected chi connectivity index (χ0v) is 14.1. The number of hydrogen-bond acceptors (Lipinski definition) is 3. The van der Waals surface area contributed by atoms with Crippen LogP contribution in [-0.2, 0) is 11.3 Å². The van der Waals surface area contributed by atoms with Gasteiger partial charge in [-0.3, -0.25) is 4.79 Å². The fraction of sp³-hybridized carbons (Fsp3) is 0.0952. The number of hydrogen-bond donors (Lipinski definition) is 1. The van der Waals surface area contributed by atoms with E-state index < -0.39 is 0 Å². The molecule has 0 fully saturated rings. The largest absolute Gasteiger partial charge is 0.455 e. The molecule has 0 aliphatic rings. The molecule has 0 aliphatic carbocycles. The van der Waals surface area contributed by atoms with Gasteiger partial charge in [0.25, 0.3) is 0 Å². The highest BCUT2D eigenvalue weighted by atomic mass is 16.5. The number of anilines is 2. The average Bonchev–Trinajstić information content (AvgIpc) is 2.62. The molecule has 0 saturated heterocycles. The molecule has 0 unspecified atom stereocenters. The van der Waals surface area contributed by atoms with Gasteiger partial charge in [0.05, 0.1) is 12.2 Å². The van der Waals surface area contributed by atoms with Crippen LogP contribution < -0.4 is 15.4 Å². The van der Waals surface area contributed by atoms with Crippen molar-refractivity contribution in [1.29, 1.82) is 0 Å². The molecule has 3 aromatic carbocycles. The number of ether oxygens (including phenoxy) is 1. The van der Waals surface area contributed by atoms with Crippen LogP contribution in [0.15, 0.2) is 78.9 Å². The minimum absolute atomic E-state index is 0.0765. The molecule has 0 saturated carbocycles. The number of para-hydroxylation sites is 4. The molecule has 25 heavy (non-hydrogen) atoms. The third kappa shape index (κ3) is 3.98. The Balaban J connectivity index is 1.94. The quantitative estimate of drug-likeness (QED) is 0.694. The standard InChI is InChI=1S/C21H20N2O2/c1-16(24)23(15-17-9-5-6-12-19(17)22)20-13-7-8-14-21(20)25-18-10-3-2-4-11-18/h2-14H,15,22H2,1H3. The van der Waals surface area contributed by atoms with Crippen molar-refractivity contribution in [3.63, 3.8) is 0 Å². The zero-order chi connectivity index (χ0) is 17.6. The van der Waals surface area contributed by atoms with E-state index in [-0.39, 0.29) is 5.91 Å². The lowest BCUT2D eigenvalue weighted by Crippen LogP contribution is -2.28. The molecule has 2 N–H and O–H groups in total. The van der Waals surface area contributed by atoms with Crippen LogP contribution in [0.2, 0.25) is 0 Å². The molecule has 126 valence electrons. The summed E-state index contributed by atoms with van der Waals surface area (Å²) in [6.45, 7) is 1.93. The van der Waals surface area contributed by atoms with E-state index in [1.807, 2.05) is 78.9 Å². The van der Waals surface area contributed by atoms with Gasteiger partial charge in [0.15, 0.2) is 5.75 Å². The second-order valence-electron chi connectivity index (χ2n) is 5.69. The lowest BCUT2D eigenvalue weighted by Gasteiger charge is -2.24. The molecule has 3 aromatic rings. The van der Waals surface area contributed by atoms with Crippen LogP contribution in [0.1, 0.15) is 12.5 Å². The SMILES string of the molecule is CC(=O)N(Cc1ccccc1N)c1ccccc1Oc1ccccc1. The van der Waals surface area contributed by atoms with Crippen molar-refractivity contribution in [3.8, 4) is 11.5 Å². The normalized spacial score (nSPS) is 10.3. The highest BCUT2D eigenvalue weighted by Crippen LogP contribution is 2.33. The second kappa shape index (κ2) is 7.53. The van der Waals surface area contributed by atoms with Gasteiger partial charge in [-0.2, -0.15) is 0 Å². The summed E-state index contributed by atoms with van der Waals surface area (Å²) in [5.74, 6) is 1.27. The molecule has 4 nitrogen and oxygen atoms in total. The Kier molecular flexibility index (Phi) is 5.00. The molecule has 0 radical (unpaired) electrons. The first-order valence-corrected chi connectivity index (χ1v) is 8.08. The van der Waals surface area contributed by atoms with Gasteiger partial charge < -0.3 is 15.4 Å². The Morgan fingerprint density at radius 1 is 0.920 bits per heavy atom. The molecule has 0 heterocycles. The number of nitrogens with two attached hydrogens (primary N) is 1. The van der Waals surface area contributed by atoms with Crippen molar-refractivity contribution in [3.05, 3.63) is 84.4 Å². The summed E-state index contributed by atoms with van der Waals surface area (Å²) in [6, 6.07) is 24.6. The van der Waals surface area contributed by atoms with E-state index in [1.165, 1.54) is 0 Å². The predicted octanol–water partition coefficient (Wildman–Crippen LogP) is 4.61. The van der Waals surface area contributed by atoms with Gasteiger partial charge in [0, 0.05) is 12.6 Å². The Bertz CT molecular complexity index is 863. The molecule has 1 amide bonds. The number of rotatable bonds is 5. The van der Waals surface area contributed by atoms with Crippen molar-refractivity contribution in [1.82, 2.24) is 0 Å². The van der Waals surface area contributed by atoms with Gasteiger partial charge in [0.2, 0.25) is 5.91 Å². The number of nitrogens with zero attached hydrogens (tertiary/aromatic N) is 1. The van der Waals surface area contributed by atoms with E-state index in [2.05, 4.69) is 0 Å². The second-order valence-corrected chi connectivity index (χ2v) is 5.69. The van der Waals surface area contributed by atoms with Gasteiger partial charge in [0.1, 0.15) is 5.75 Å². The molecule has 3 rings (SSSR count). The summed E-state index contributed by atoms with van der Waals surface area (Å²) in [4.78, 5) is 14.0. The summed E-state index contributed by atoms with van der Waals surface area (Å²) in [7, 11) is 0. The molecule has 0 atom stereocenters. The van der Waals surface area contributed by atoms with Crippen LogP contribution >= 0.6 is 0 Å². The lowest BCUT2D eigenvalue weighted by molar-refractivity contribution is -0.116. The minimum atomic E-state index is -0.0765. The first kappa shape index (κ1) is 16.6. The van der Waals surface area contributed by atoms with Gasteiger partial charge >= 0.3 is 0 Å². The van der Waals surface area contributed by atoms with Crippen LogP contribution in [0.4, 0.5) is 11.4 Å². The van der Waals surface area contributed by atoms with Crippen LogP contribution in [-0.4, -0.2) is 5.91 Å². The summed E-state index contributed by atoms with van der Waals surface area (Å²) in [6.07, 6.45) is 0. The fourth-order valence-electron chi connectivity index (χ4n) is 2.60. The Morgan fingerprint density at radius 2 is 1.56 bits per heavy atom. The minimum Gasteiger partial charge on any atom is -0.455 e. The Hall–Kier alpha value is -3.27. The third-order valence-corrected chi connectivity index (χ3v) is 3.89. The van der Waals surface area contributed by atoms with E-state index in [0.29, 0.717) is 23.7 Å². The highest BCUT2D eigenvalue weighted by Gasteiger charge is 2.18. The summed E-state index contributed by atoms with van der Waals surface area (Å²) >= 11 is 0. The van der Waals surface area contributed by atoms with Gasteiger partial charge in [-0.15, -0.1) is 0 Å². The maximum atomic E-state index is 12.3. The molecule has 0 spiro atoms. The van der Waals surface area contributed by atoms with Crippen molar-refractivity contribution >= 4 is 17.3 Å². The first-order chi connectivity index (χ1) is 12.1. The Labute approximate surface area is 147 Å². The van der Waals surface area contributed by atoms with Gasteiger partial charge in [-0.05, 0) is 35.9 Å². The molecule has 4 heteroatoms. The lowest BCUT2D eigenvalue weighted by atomic mass is 10.1. The third-order valence-electron chi connectivity index (χ3n) is 3.89. The molecule has 0 bridgehead atoms. The fourth-order valence-corrected chi connectivity index (χ4v) is 2.60. The van der Waals surface area contributed by atoms with E-state index in [0.717, 1.165) is 11.3 Å². The maximum absolute atomic E-state index is 12.3. The first-order valence-electron chi connectivity index (χ1n) is 8.08. The van der Waals surface area contributed by atoms with Crippen molar-refractivity contribution in [2.45, 2.75) is 13.5 Å². The predicted molar refractivity (Wildman–Crippen MR) is 101 cm³/mol. The number of nitrogen functional groups attached to an aromatic ring is 1. The van der Waals surface area contributed by atoms with E-state index >= 15 is 0 Å². The molecular weight excluding hydrogens is 312 g/mol. The number of carbonyl (C=O) groups excluding carboxylic acids is 1. The van der Waals surface area contributed by atoms with Crippen molar-refractivity contribution < 1.29 is 9.53 Å². The van der Waals surface area contributed by atoms with Crippen LogP contribution in [0.25, 0.3) is 0 Å². The summed E-state index contributed by atoms with van der Waals surface area (Å²) in [5, 5.41) is 0. The molecule has 0 aliphatic heterocycles. The smallest absolute Gasteiger partial charge is 0.224 e. The van der Waals surface area contributed by atoms with Crippen LogP contribution in [0, 0.1) is 0 Å². The highest BCUT2D eigenvalue weighted by molar-refractivity contribution is 5.93. The van der Waals surface area contributed by atoms with E-state index in [4.69, 9.17) is 10.5 Å². The monoisotopic (exact) mass is 332 g/mol. The van der Waals surface area contributed by atoms with Gasteiger partial charge in [-0.25, -0.2) is 0 Å². The van der Waals surface area contributed by atoms with Gasteiger partial charge in [-0.1, -0.05) is 48.5 Å². The summed E-state index contributed by atoms with van der Waals surface area (Å²) < 4.78 is 5.98. The van der Waals surface area contributed by atoms with Crippen molar-refractivity contribution in [2.24, 2.45) is 0 Å². The zero-order valence-electron chi connectivity index (χ0n) is 14.1. The molecular formula is C21H20N2O2. The van der Waals surface area contributed by atoms with E-state index in [9.17, 15) is 4.79 Å². The topological polar surface area (TPSA) is 55.6 Å². The molecule has 0 aromatic heterocycles. The summed E-state index contributed by atoms with van der Waals surface area (Å²) in [5.41, 5.74) is 8.31. The Morgan fingerprint density at radius 3 is 2.28 bits per heavy atom. The van der Waals surface area contributed by atoms with Crippen LogP contribution in [0.5, 0.6) is 11.5 Å². The van der Waals surface area contributed by atoms with Crippen LogP contribution in [0.3, 0.4) is 0 Å². The number of benzene rings is 3. The van der Waals surface area contributed by atoms with Crippen molar-refractivity contribution in [2.75, 3.05) is 10.6 Å². The number of carbonyl (C=O) groups is 1.